The van der Waals surface area contributed by atoms with E-state index in [9.17, 15) is 9.90 Å². The monoisotopic (exact) mass is 275 g/mol. The molecular formula is C13H13N3O2S. The van der Waals surface area contributed by atoms with Crippen LogP contribution in [0, 0.1) is 0 Å². The molecule has 0 atom stereocenters. The Hall–Kier alpha value is -2.05. The van der Waals surface area contributed by atoms with Crippen molar-refractivity contribution < 1.29 is 9.90 Å². The highest BCUT2D eigenvalue weighted by atomic mass is 32.2. The van der Waals surface area contributed by atoms with Crippen LogP contribution in [-0.4, -0.2) is 22.3 Å². The zero-order chi connectivity index (χ0) is 13.8. The first-order chi connectivity index (χ1) is 9.15. The summed E-state index contributed by atoms with van der Waals surface area (Å²) in [5.74, 6) is 4.87. The van der Waals surface area contributed by atoms with Crippen LogP contribution >= 0.6 is 11.8 Å². The third-order valence-electron chi connectivity index (χ3n) is 2.63. The third-order valence-corrected chi connectivity index (χ3v) is 3.42. The molecule has 1 amide bonds. The maximum atomic E-state index is 11.5. The fourth-order valence-corrected chi connectivity index (χ4v) is 2.32. The summed E-state index contributed by atoms with van der Waals surface area (Å²) in [5, 5.41) is 9.59. The molecule has 0 unspecified atom stereocenters. The SMILES string of the molecule is CSc1ccc(O)cc1-c1cncc(C(=O)NN)c1. The van der Waals surface area contributed by atoms with Crippen molar-refractivity contribution >= 4 is 17.7 Å². The summed E-state index contributed by atoms with van der Waals surface area (Å²) in [7, 11) is 0. The van der Waals surface area contributed by atoms with Gasteiger partial charge < -0.3 is 5.11 Å². The molecule has 6 heteroatoms. The number of hydrogen-bond acceptors (Lipinski definition) is 5. The zero-order valence-corrected chi connectivity index (χ0v) is 11.1. The van der Waals surface area contributed by atoms with Gasteiger partial charge in [-0.3, -0.25) is 15.2 Å². The molecule has 0 aliphatic carbocycles. The molecule has 4 N–H and O–H groups in total. The van der Waals surface area contributed by atoms with Gasteiger partial charge in [0.1, 0.15) is 5.75 Å². The summed E-state index contributed by atoms with van der Waals surface area (Å²) >= 11 is 1.55. The Kier molecular flexibility index (Phi) is 4.03. The van der Waals surface area contributed by atoms with Crippen LogP contribution in [0.2, 0.25) is 0 Å². The predicted molar refractivity (Wildman–Crippen MR) is 74.8 cm³/mol. The van der Waals surface area contributed by atoms with E-state index in [0.29, 0.717) is 5.56 Å². The number of benzene rings is 1. The molecular weight excluding hydrogens is 262 g/mol. The highest BCUT2D eigenvalue weighted by molar-refractivity contribution is 7.98. The van der Waals surface area contributed by atoms with Crippen molar-refractivity contribution in [3.63, 3.8) is 0 Å². The molecule has 2 aromatic rings. The predicted octanol–water partition coefficient (Wildman–Crippen LogP) is 1.78. The molecule has 5 nitrogen and oxygen atoms in total. The van der Waals surface area contributed by atoms with E-state index in [1.807, 2.05) is 12.3 Å². The van der Waals surface area contributed by atoms with Crippen molar-refractivity contribution in [1.82, 2.24) is 10.4 Å². The van der Waals surface area contributed by atoms with Crippen molar-refractivity contribution in [3.8, 4) is 16.9 Å². The molecule has 1 heterocycles. The van der Waals surface area contributed by atoms with E-state index in [-0.39, 0.29) is 5.75 Å². The number of thioether (sulfide) groups is 1. The summed E-state index contributed by atoms with van der Waals surface area (Å²) in [6, 6.07) is 6.78. The molecule has 0 saturated heterocycles. The van der Waals surface area contributed by atoms with E-state index in [4.69, 9.17) is 5.84 Å². The van der Waals surface area contributed by atoms with Crippen LogP contribution in [0.15, 0.2) is 41.6 Å². The number of pyridine rings is 1. The molecule has 0 aliphatic heterocycles. The summed E-state index contributed by atoms with van der Waals surface area (Å²) in [4.78, 5) is 16.5. The highest BCUT2D eigenvalue weighted by Crippen LogP contribution is 2.32. The molecule has 98 valence electrons. The second-order valence-electron chi connectivity index (χ2n) is 3.82. The average Bonchev–Trinajstić information content (AvgIpc) is 2.46. The number of phenols is 1. The Morgan fingerprint density at radius 2 is 2.16 bits per heavy atom. The first kappa shape index (κ1) is 13.4. The number of nitrogen functional groups attached to an aromatic ring is 1. The molecule has 0 bridgehead atoms. The first-order valence-corrected chi connectivity index (χ1v) is 6.71. The van der Waals surface area contributed by atoms with E-state index in [0.717, 1.165) is 16.0 Å². The number of hydrogen-bond donors (Lipinski definition) is 3. The van der Waals surface area contributed by atoms with Crippen LogP contribution in [0.5, 0.6) is 5.75 Å². The number of rotatable bonds is 3. The number of phenolic OH excluding ortho intramolecular Hbond substituents is 1. The smallest absolute Gasteiger partial charge is 0.266 e. The van der Waals surface area contributed by atoms with Gasteiger partial charge in [0.05, 0.1) is 5.56 Å². The number of aromatic hydroxyl groups is 1. The minimum absolute atomic E-state index is 0.168. The largest absolute Gasteiger partial charge is 0.508 e. The van der Waals surface area contributed by atoms with Gasteiger partial charge in [0.25, 0.3) is 5.91 Å². The maximum absolute atomic E-state index is 11.5. The molecule has 0 spiro atoms. The standard InChI is InChI=1S/C13H13N3O2S/c1-19-12-3-2-10(17)5-11(12)8-4-9(7-15-6-8)13(18)16-14/h2-7,17H,14H2,1H3,(H,16,18). The second-order valence-corrected chi connectivity index (χ2v) is 4.67. The van der Waals surface area contributed by atoms with E-state index in [1.165, 1.54) is 6.20 Å². The summed E-state index contributed by atoms with van der Waals surface area (Å²) < 4.78 is 0. The van der Waals surface area contributed by atoms with Crippen molar-refractivity contribution in [1.29, 1.82) is 0 Å². The van der Waals surface area contributed by atoms with Crippen LogP contribution in [0.4, 0.5) is 0 Å². The highest BCUT2D eigenvalue weighted by Gasteiger charge is 2.10. The van der Waals surface area contributed by atoms with Crippen molar-refractivity contribution in [2.24, 2.45) is 5.84 Å². The Labute approximate surface area is 114 Å². The lowest BCUT2D eigenvalue weighted by Crippen LogP contribution is -2.30. The normalized spacial score (nSPS) is 10.2. The number of amides is 1. The number of aromatic nitrogens is 1. The van der Waals surface area contributed by atoms with Crippen LogP contribution in [0.3, 0.4) is 0 Å². The lowest BCUT2D eigenvalue weighted by molar-refractivity contribution is 0.0953. The number of nitrogens with one attached hydrogen (secondary N) is 1. The van der Waals surface area contributed by atoms with Gasteiger partial charge in [0.15, 0.2) is 0 Å². The van der Waals surface area contributed by atoms with Crippen LogP contribution in [0.1, 0.15) is 10.4 Å². The fraction of sp³-hybridized carbons (Fsp3) is 0.0769. The molecule has 19 heavy (non-hydrogen) atoms. The van der Waals surface area contributed by atoms with Gasteiger partial charge in [0.2, 0.25) is 0 Å². The third kappa shape index (κ3) is 2.86. The van der Waals surface area contributed by atoms with E-state index in [1.54, 1.807) is 36.2 Å². The van der Waals surface area contributed by atoms with Gasteiger partial charge in [0, 0.05) is 28.4 Å². The van der Waals surface area contributed by atoms with Crippen molar-refractivity contribution in [2.75, 3.05) is 6.26 Å². The molecule has 0 saturated carbocycles. The van der Waals surface area contributed by atoms with E-state index >= 15 is 0 Å². The Balaban J connectivity index is 2.52. The minimum Gasteiger partial charge on any atom is -0.508 e. The van der Waals surface area contributed by atoms with Crippen LogP contribution in [0.25, 0.3) is 11.1 Å². The first-order valence-electron chi connectivity index (χ1n) is 5.49. The molecule has 1 aromatic heterocycles. The van der Waals surface area contributed by atoms with Gasteiger partial charge in [-0.1, -0.05) is 0 Å². The number of nitrogens with zero attached hydrogens (tertiary/aromatic N) is 1. The number of nitrogens with two attached hydrogens (primary N) is 1. The molecule has 2 rings (SSSR count). The quantitative estimate of drug-likeness (QED) is 0.344. The Morgan fingerprint density at radius 3 is 2.84 bits per heavy atom. The Bertz CT molecular complexity index is 617. The number of carbonyl (C=O) groups excluding carboxylic acids is 1. The second kappa shape index (κ2) is 5.73. The maximum Gasteiger partial charge on any atom is 0.266 e. The van der Waals surface area contributed by atoms with Gasteiger partial charge >= 0.3 is 0 Å². The average molecular weight is 275 g/mol. The topological polar surface area (TPSA) is 88.2 Å². The minimum atomic E-state index is -0.403. The molecule has 1 aromatic carbocycles. The molecule has 0 aliphatic rings. The van der Waals surface area contributed by atoms with Crippen LogP contribution in [-0.2, 0) is 0 Å². The Morgan fingerprint density at radius 1 is 1.37 bits per heavy atom. The summed E-state index contributed by atoms with van der Waals surface area (Å²) in [6.45, 7) is 0. The van der Waals surface area contributed by atoms with Crippen molar-refractivity contribution in [3.05, 3.63) is 42.2 Å². The summed E-state index contributed by atoms with van der Waals surface area (Å²) in [6.07, 6.45) is 5.02. The van der Waals surface area contributed by atoms with Gasteiger partial charge in [-0.05, 0) is 30.5 Å². The fourth-order valence-electron chi connectivity index (χ4n) is 1.72. The van der Waals surface area contributed by atoms with Crippen LogP contribution < -0.4 is 11.3 Å². The zero-order valence-electron chi connectivity index (χ0n) is 10.3. The van der Waals surface area contributed by atoms with Gasteiger partial charge in [-0.25, -0.2) is 5.84 Å². The molecule has 0 fully saturated rings. The number of hydrazine groups is 1. The van der Waals surface area contributed by atoms with E-state index < -0.39 is 5.91 Å². The van der Waals surface area contributed by atoms with Crippen molar-refractivity contribution in [2.45, 2.75) is 4.90 Å². The summed E-state index contributed by atoms with van der Waals surface area (Å²) in [5.41, 5.74) is 4.01. The lowest BCUT2D eigenvalue weighted by Gasteiger charge is -2.09. The lowest BCUT2D eigenvalue weighted by atomic mass is 10.1. The van der Waals surface area contributed by atoms with Gasteiger partial charge in [-0.15, -0.1) is 11.8 Å². The molecule has 0 radical (unpaired) electrons. The van der Waals surface area contributed by atoms with E-state index in [2.05, 4.69) is 10.4 Å². The van der Waals surface area contributed by atoms with Gasteiger partial charge in [-0.2, -0.15) is 0 Å². The number of carbonyl (C=O) groups is 1.